The van der Waals surface area contributed by atoms with Gasteiger partial charge in [0.25, 0.3) is 0 Å². The number of ether oxygens (including phenoxy) is 2. The third-order valence-corrected chi connectivity index (χ3v) is 2.80. The molecule has 0 unspecified atom stereocenters. The lowest BCUT2D eigenvalue weighted by Crippen LogP contribution is -2.16. The van der Waals surface area contributed by atoms with E-state index < -0.39 is 0 Å². The van der Waals surface area contributed by atoms with Crippen molar-refractivity contribution in [2.24, 2.45) is 0 Å². The van der Waals surface area contributed by atoms with Crippen molar-refractivity contribution in [2.75, 3.05) is 13.2 Å². The Morgan fingerprint density at radius 3 is 2.88 bits per heavy atom. The van der Waals surface area contributed by atoms with Crippen LogP contribution in [0.5, 0.6) is 5.75 Å². The highest BCUT2D eigenvalue weighted by Crippen LogP contribution is 2.25. The van der Waals surface area contributed by atoms with Gasteiger partial charge in [0.2, 0.25) is 0 Å². The van der Waals surface area contributed by atoms with E-state index in [2.05, 4.69) is 13.8 Å². The van der Waals surface area contributed by atoms with Crippen molar-refractivity contribution in [3.05, 3.63) is 29.6 Å². The first-order valence-corrected chi connectivity index (χ1v) is 5.70. The zero-order valence-corrected chi connectivity index (χ0v) is 9.70. The molecule has 1 heterocycles. The first-order valence-electron chi connectivity index (χ1n) is 5.70. The number of hydrogen-bond acceptors (Lipinski definition) is 2. The fourth-order valence-electron chi connectivity index (χ4n) is 1.75. The van der Waals surface area contributed by atoms with E-state index in [0.29, 0.717) is 24.9 Å². The van der Waals surface area contributed by atoms with Crippen LogP contribution in [0, 0.1) is 5.82 Å². The molecule has 0 bridgehead atoms. The summed E-state index contributed by atoms with van der Waals surface area (Å²) < 4.78 is 24.3. The van der Waals surface area contributed by atoms with E-state index in [1.165, 1.54) is 6.07 Å². The van der Waals surface area contributed by atoms with E-state index >= 15 is 0 Å². The second-order valence-electron chi connectivity index (χ2n) is 4.45. The average Bonchev–Trinajstić information content (AvgIpc) is 2.73. The Balaban J connectivity index is 2.14. The molecule has 16 heavy (non-hydrogen) atoms. The van der Waals surface area contributed by atoms with Crippen LogP contribution in [-0.4, -0.2) is 19.3 Å². The van der Waals surface area contributed by atoms with E-state index in [1.54, 1.807) is 12.1 Å². The van der Waals surface area contributed by atoms with Crippen LogP contribution in [0.4, 0.5) is 4.39 Å². The van der Waals surface area contributed by atoms with E-state index in [-0.39, 0.29) is 11.9 Å². The molecule has 0 saturated carbocycles. The van der Waals surface area contributed by atoms with Gasteiger partial charge in [0.15, 0.2) is 11.6 Å². The first-order chi connectivity index (χ1) is 7.66. The molecule has 1 aliphatic rings. The van der Waals surface area contributed by atoms with Gasteiger partial charge in [0, 0.05) is 6.42 Å². The molecule has 1 aromatic rings. The van der Waals surface area contributed by atoms with Gasteiger partial charge in [-0.1, -0.05) is 19.9 Å². The lowest BCUT2D eigenvalue weighted by atomic mass is 10.0. The highest BCUT2D eigenvalue weighted by Gasteiger charge is 2.19. The van der Waals surface area contributed by atoms with Crippen molar-refractivity contribution in [2.45, 2.75) is 32.3 Å². The molecule has 88 valence electrons. The summed E-state index contributed by atoms with van der Waals surface area (Å²) in [5.74, 6) is 0.431. The first kappa shape index (κ1) is 11.4. The normalized spacial score (nSPS) is 20.4. The molecule has 3 heteroatoms. The standard InChI is InChI=1S/C13H17FO2/c1-9(2)10-3-4-12(14)13(7-10)16-11-5-6-15-8-11/h3-4,7,9,11H,5-6,8H2,1-2H3/t11-/m1/s1. The molecule has 1 aliphatic heterocycles. The number of benzene rings is 1. The Hall–Kier alpha value is -1.09. The van der Waals surface area contributed by atoms with Crippen LogP contribution in [0.3, 0.4) is 0 Å². The van der Waals surface area contributed by atoms with Crippen molar-refractivity contribution in [3.63, 3.8) is 0 Å². The molecule has 0 aliphatic carbocycles. The van der Waals surface area contributed by atoms with Crippen molar-refractivity contribution in [3.8, 4) is 5.75 Å². The Morgan fingerprint density at radius 1 is 1.44 bits per heavy atom. The largest absolute Gasteiger partial charge is 0.485 e. The van der Waals surface area contributed by atoms with Crippen molar-refractivity contribution in [1.82, 2.24) is 0 Å². The van der Waals surface area contributed by atoms with Gasteiger partial charge in [-0.25, -0.2) is 4.39 Å². The van der Waals surface area contributed by atoms with Crippen LogP contribution in [0.2, 0.25) is 0 Å². The van der Waals surface area contributed by atoms with Gasteiger partial charge >= 0.3 is 0 Å². The Bertz CT molecular complexity index is 357. The second-order valence-corrected chi connectivity index (χ2v) is 4.45. The summed E-state index contributed by atoms with van der Waals surface area (Å²) in [7, 11) is 0. The van der Waals surface area contributed by atoms with E-state index in [4.69, 9.17) is 9.47 Å². The molecule has 2 rings (SSSR count). The molecule has 0 spiro atoms. The summed E-state index contributed by atoms with van der Waals surface area (Å²) in [4.78, 5) is 0. The minimum Gasteiger partial charge on any atom is -0.485 e. The summed E-state index contributed by atoms with van der Waals surface area (Å²) in [5.41, 5.74) is 1.09. The summed E-state index contributed by atoms with van der Waals surface area (Å²) in [6.45, 7) is 5.42. The smallest absolute Gasteiger partial charge is 0.165 e. The molecule has 1 aromatic carbocycles. The van der Waals surface area contributed by atoms with Gasteiger partial charge in [0.05, 0.1) is 13.2 Å². The van der Waals surface area contributed by atoms with Gasteiger partial charge in [-0.15, -0.1) is 0 Å². The summed E-state index contributed by atoms with van der Waals surface area (Å²) in [5, 5.41) is 0. The second kappa shape index (κ2) is 4.83. The minimum absolute atomic E-state index is 0.00286. The molecule has 0 N–H and O–H groups in total. The minimum atomic E-state index is -0.295. The lowest BCUT2D eigenvalue weighted by molar-refractivity contribution is 0.138. The molecule has 1 saturated heterocycles. The van der Waals surface area contributed by atoms with Crippen molar-refractivity contribution >= 4 is 0 Å². The lowest BCUT2D eigenvalue weighted by Gasteiger charge is -2.14. The predicted octanol–water partition coefficient (Wildman–Crippen LogP) is 3.12. The summed E-state index contributed by atoms with van der Waals surface area (Å²) in [6.07, 6.45) is 0.836. The van der Waals surface area contributed by atoms with Crippen LogP contribution < -0.4 is 4.74 Å². The number of halogens is 1. The molecular weight excluding hydrogens is 207 g/mol. The van der Waals surface area contributed by atoms with Crippen molar-refractivity contribution in [1.29, 1.82) is 0 Å². The SMILES string of the molecule is CC(C)c1ccc(F)c(O[C@@H]2CCOC2)c1. The zero-order valence-electron chi connectivity index (χ0n) is 9.70. The van der Waals surface area contributed by atoms with Crippen LogP contribution in [0.25, 0.3) is 0 Å². The number of hydrogen-bond donors (Lipinski definition) is 0. The molecule has 2 nitrogen and oxygen atoms in total. The quantitative estimate of drug-likeness (QED) is 0.785. The molecule has 0 aromatic heterocycles. The van der Waals surface area contributed by atoms with Crippen molar-refractivity contribution < 1.29 is 13.9 Å². The predicted molar refractivity (Wildman–Crippen MR) is 60.3 cm³/mol. The fraction of sp³-hybridized carbons (Fsp3) is 0.538. The van der Waals surface area contributed by atoms with Crippen LogP contribution in [0.15, 0.2) is 18.2 Å². The maximum Gasteiger partial charge on any atom is 0.165 e. The third kappa shape index (κ3) is 2.53. The molecule has 1 fully saturated rings. The third-order valence-electron chi connectivity index (χ3n) is 2.80. The van der Waals surface area contributed by atoms with Gasteiger partial charge in [0.1, 0.15) is 6.10 Å². The topological polar surface area (TPSA) is 18.5 Å². The average molecular weight is 224 g/mol. The van der Waals surface area contributed by atoms with Gasteiger partial charge in [-0.2, -0.15) is 0 Å². The van der Waals surface area contributed by atoms with Gasteiger partial charge in [-0.3, -0.25) is 0 Å². The zero-order chi connectivity index (χ0) is 11.5. The highest BCUT2D eigenvalue weighted by molar-refractivity contribution is 5.32. The molecule has 1 atom stereocenters. The van der Waals surface area contributed by atoms with E-state index in [1.807, 2.05) is 0 Å². The Labute approximate surface area is 95.4 Å². The Morgan fingerprint density at radius 2 is 2.25 bits per heavy atom. The van der Waals surface area contributed by atoms with E-state index in [9.17, 15) is 4.39 Å². The van der Waals surface area contributed by atoms with Crippen LogP contribution in [-0.2, 0) is 4.74 Å². The summed E-state index contributed by atoms with van der Waals surface area (Å²) in [6, 6.07) is 5.07. The number of rotatable bonds is 3. The summed E-state index contributed by atoms with van der Waals surface area (Å²) >= 11 is 0. The molecular formula is C13H17FO2. The van der Waals surface area contributed by atoms with Gasteiger partial charge in [-0.05, 0) is 23.6 Å². The monoisotopic (exact) mass is 224 g/mol. The maximum atomic E-state index is 13.5. The highest BCUT2D eigenvalue weighted by atomic mass is 19.1. The van der Waals surface area contributed by atoms with Gasteiger partial charge < -0.3 is 9.47 Å². The van der Waals surface area contributed by atoms with Crippen LogP contribution >= 0.6 is 0 Å². The molecule has 0 radical (unpaired) electrons. The van der Waals surface area contributed by atoms with Crippen LogP contribution in [0.1, 0.15) is 31.7 Å². The van der Waals surface area contributed by atoms with E-state index in [0.717, 1.165) is 12.0 Å². The Kier molecular flexibility index (Phi) is 3.44. The fourth-order valence-corrected chi connectivity index (χ4v) is 1.75. The molecule has 0 amide bonds. The maximum absolute atomic E-state index is 13.5.